The largest absolute Gasteiger partial charge is 1.00 e. The normalized spacial score (nSPS) is 11.6. The monoisotopic (exact) mass is 304 g/mol. The summed E-state index contributed by atoms with van der Waals surface area (Å²) >= 11 is 0. The van der Waals surface area contributed by atoms with E-state index in [2.05, 4.69) is 5.16 Å². The summed E-state index contributed by atoms with van der Waals surface area (Å²) in [6.45, 7) is 6.69. The molecule has 1 N–H and O–H groups in total. The van der Waals surface area contributed by atoms with Crippen molar-refractivity contribution in [2.45, 2.75) is 52.2 Å². The zero-order valence-electron chi connectivity index (χ0n) is 12.0. The molecule has 114 valence electrons. The summed E-state index contributed by atoms with van der Waals surface area (Å²) in [6, 6.07) is 0. The van der Waals surface area contributed by atoms with Gasteiger partial charge in [-0.25, -0.2) is 9.13 Å². The second-order valence-corrected chi connectivity index (χ2v) is 5.05. The van der Waals surface area contributed by atoms with E-state index in [1.807, 2.05) is 28.5 Å². The highest BCUT2D eigenvalue weighted by Gasteiger charge is 2.30. The molecule has 1 rings (SSSR count). The molecule has 0 unspecified atom stereocenters. The van der Waals surface area contributed by atoms with Gasteiger partial charge in [0.2, 0.25) is 5.54 Å². The first-order valence-corrected chi connectivity index (χ1v) is 6.33. The number of nitro groups is 1. The van der Waals surface area contributed by atoms with Crippen molar-refractivity contribution in [3.05, 3.63) is 28.3 Å². The molecule has 0 atom stereocenters. The molecule has 0 saturated heterocycles. The van der Waals surface area contributed by atoms with Crippen molar-refractivity contribution >= 4 is 6.21 Å². The number of hydrogen-bond donors (Lipinski definition) is 1. The zero-order valence-corrected chi connectivity index (χ0v) is 12.7. The Morgan fingerprint density at radius 2 is 2.25 bits per heavy atom. The highest BCUT2D eigenvalue weighted by atomic mass is 35.5. The molecule has 20 heavy (non-hydrogen) atoms. The summed E-state index contributed by atoms with van der Waals surface area (Å²) in [5.41, 5.74) is -0.904. The van der Waals surface area contributed by atoms with Crippen LogP contribution < -0.4 is 17.0 Å². The van der Waals surface area contributed by atoms with E-state index in [0.717, 1.165) is 12.4 Å². The molecule has 1 aromatic rings. The van der Waals surface area contributed by atoms with Gasteiger partial charge in [0.1, 0.15) is 12.4 Å². The van der Waals surface area contributed by atoms with Crippen LogP contribution in [0.3, 0.4) is 0 Å². The highest BCUT2D eigenvalue weighted by Crippen LogP contribution is 2.15. The fourth-order valence-corrected chi connectivity index (χ4v) is 1.91. The fraction of sp³-hybridized carbons (Fsp3) is 0.667. The first-order valence-electron chi connectivity index (χ1n) is 6.33. The standard InChI is InChI=1S/C12H20N4O3.ClH/c1-4-14-8-9-15(11(14)10-13-17)7-5-6-12(2,3)16(18)19;/h8-10H,4-7H2,1-3H3;1H. The number of hydrogen-bond acceptors (Lipinski definition) is 4. The third kappa shape index (κ3) is 4.48. The lowest BCUT2D eigenvalue weighted by Crippen LogP contribution is -3.00. The molecule has 0 aliphatic heterocycles. The SMILES string of the molecule is CCn1cc[n+](CCCC(C)(C)[N+](=O)[O-])c1/C=N/O.[Cl-]. The van der Waals surface area contributed by atoms with E-state index >= 15 is 0 Å². The summed E-state index contributed by atoms with van der Waals surface area (Å²) in [5.74, 6) is 0.781. The van der Waals surface area contributed by atoms with Gasteiger partial charge in [-0.15, -0.1) is 0 Å². The predicted octanol–water partition coefficient (Wildman–Crippen LogP) is -1.56. The predicted molar refractivity (Wildman–Crippen MR) is 70.0 cm³/mol. The lowest BCUT2D eigenvalue weighted by molar-refractivity contribution is -0.698. The fourth-order valence-electron chi connectivity index (χ4n) is 1.91. The molecule has 8 heteroatoms. The molecule has 0 amide bonds. The number of aromatic nitrogens is 2. The molecule has 0 spiro atoms. The minimum atomic E-state index is -0.904. The average molecular weight is 305 g/mol. The van der Waals surface area contributed by atoms with Gasteiger partial charge in [0.15, 0.2) is 6.21 Å². The molecule has 1 heterocycles. The Morgan fingerprint density at radius 3 is 2.75 bits per heavy atom. The maximum absolute atomic E-state index is 10.8. The van der Waals surface area contributed by atoms with Gasteiger partial charge < -0.3 is 17.6 Å². The van der Waals surface area contributed by atoms with Crippen LogP contribution in [0, 0.1) is 10.1 Å². The Labute approximate surface area is 124 Å². The van der Waals surface area contributed by atoms with E-state index < -0.39 is 5.54 Å². The molecule has 0 radical (unpaired) electrons. The van der Waals surface area contributed by atoms with Crippen LogP contribution in [0.5, 0.6) is 0 Å². The lowest BCUT2D eigenvalue weighted by Gasteiger charge is -2.14. The molecule has 1 aromatic heterocycles. The Bertz CT molecular complexity index is 471. The molecule has 0 bridgehead atoms. The molecule has 0 aliphatic carbocycles. The highest BCUT2D eigenvalue weighted by molar-refractivity contribution is 5.72. The van der Waals surface area contributed by atoms with Crippen molar-refractivity contribution in [3.63, 3.8) is 0 Å². The molecule has 0 saturated carbocycles. The van der Waals surface area contributed by atoms with Crippen LogP contribution in [0.1, 0.15) is 39.4 Å². The van der Waals surface area contributed by atoms with Crippen molar-refractivity contribution in [1.82, 2.24) is 4.57 Å². The topological polar surface area (TPSA) is 84.5 Å². The number of aryl methyl sites for hydroxylation is 2. The Hall–Kier alpha value is -1.63. The van der Waals surface area contributed by atoms with Crippen LogP contribution in [-0.2, 0) is 13.1 Å². The maximum atomic E-state index is 10.8. The number of imidazole rings is 1. The smallest absolute Gasteiger partial charge is 0.303 e. The Morgan fingerprint density at radius 1 is 1.60 bits per heavy atom. The second kappa shape index (κ2) is 7.84. The van der Waals surface area contributed by atoms with Crippen LogP contribution >= 0.6 is 0 Å². The molecule has 0 aliphatic rings. The Balaban J connectivity index is 0.00000361. The number of oxime groups is 1. The van der Waals surface area contributed by atoms with Crippen molar-refractivity contribution < 1.29 is 27.1 Å². The lowest BCUT2D eigenvalue weighted by atomic mass is 10.00. The Kier molecular flexibility index (Phi) is 7.20. The molecular weight excluding hydrogens is 284 g/mol. The van der Waals surface area contributed by atoms with Gasteiger partial charge in [0.25, 0.3) is 0 Å². The number of rotatable bonds is 7. The van der Waals surface area contributed by atoms with Crippen molar-refractivity contribution in [2.24, 2.45) is 5.16 Å². The van der Waals surface area contributed by atoms with Crippen LogP contribution in [0.4, 0.5) is 0 Å². The van der Waals surface area contributed by atoms with Crippen molar-refractivity contribution in [2.75, 3.05) is 0 Å². The molecular formula is C12H21ClN4O3. The number of halogens is 1. The van der Waals surface area contributed by atoms with E-state index in [1.165, 1.54) is 6.21 Å². The third-order valence-electron chi connectivity index (χ3n) is 3.21. The van der Waals surface area contributed by atoms with Gasteiger partial charge in [0.05, 0.1) is 13.1 Å². The number of nitrogens with zero attached hydrogens (tertiary/aromatic N) is 4. The van der Waals surface area contributed by atoms with E-state index in [0.29, 0.717) is 19.4 Å². The first-order chi connectivity index (χ1) is 8.92. The zero-order chi connectivity index (χ0) is 14.5. The van der Waals surface area contributed by atoms with E-state index in [1.54, 1.807) is 13.8 Å². The van der Waals surface area contributed by atoms with Crippen molar-refractivity contribution in [1.29, 1.82) is 0 Å². The second-order valence-electron chi connectivity index (χ2n) is 5.05. The third-order valence-corrected chi connectivity index (χ3v) is 3.21. The summed E-state index contributed by atoms with van der Waals surface area (Å²) < 4.78 is 3.87. The van der Waals surface area contributed by atoms with E-state index in [9.17, 15) is 10.1 Å². The first kappa shape index (κ1) is 18.4. The summed E-state index contributed by atoms with van der Waals surface area (Å²) in [7, 11) is 0. The van der Waals surface area contributed by atoms with Crippen LogP contribution in [-0.4, -0.2) is 26.5 Å². The summed E-state index contributed by atoms with van der Waals surface area (Å²) in [5, 5.41) is 22.5. The minimum absolute atomic E-state index is 0. The van der Waals surface area contributed by atoms with Crippen LogP contribution in [0.25, 0.3) is 0 Å². The van der Waals surface area contributed by atoms with Gasteiger partial charge in [-0.1, -0.05) is 5.16 Å². The van der Waals surface area contributed by atoms with Crippen LogP contribution in [0.15, 0.2) is 17.5 Å². The van der Waals surface area contributed by atoms with E-state index in [-0.39, 0.29) is 17.3 Å². The van der Waals surface area contributed by atoms with Gasteiger partial charge >= 0.3 is 5.82 Å². The van der Waals surface area contributed by atoms with Gasteiger partial charge in [-0.05, 0) is 13.3 Å². The van der Waals surface area contributed by atoms with E-state index in [4.69, 9.17) is 5.21 Å². The van der Waals surface area contributed by atoms with Gasteiger partial charge in [-0.3, -0.25) is 10.1 Å². The van der Waals surface area contributed by atoms with Crippen LogP contribution in [0.2, 0.25) is 0 Å². The minimum Gasteiger partial charge on any atom is -1.00 e. The average Bonchev–Trinajstić information content (AvgIpc) is 2.72. The quantitative estimate of drug-likeness (QED) is 0.217. The van der Waals surface area contributed by atoms with Crippen molar-refractivity contribution in [3.8, 4) is 0 Å². The summed E-state index contributed by atoms with van der Waals surface area (Å²) in [4.78, 5) is 10.6. The molecule has 0 aromatic carbocycles. The maximum Gasteiger partial charge on any atom is 0.303 e. The van der Waals surface area contributed by atoms with Gasteiger partial charge in [-0.2, -0.15) is 0 Å². The van der Waals surface area contributed by atoms with Gasteiger partial charge in [0, 0.05) is 25.2 Å². The molecule has 7 nitrogen and oxygen atoms in total. The summed E-state index contributed by atoms with van der Waals surface area (Å²) in [6.07, 6.45) is 6.36. The molecule has 0 fully saturated rings.